The van der Waals surface area contributed by atoms with Crippen LogP contribution in [0, 0.1) is 6.92 Å². The first-order valence-corrected chi connectivity index (χ1v) is 4.51. The van der Waals surface area contributed by atoms with E-state index in [9.17, 15) is 13.2 Å². The minimum Gasteiger partial charge on any atom is -0.290 e. The summed E-state index contributed by atoms with van der Waals surface area (Å²) in [5.41, 5.74) is -0.243. The van der Waals surface area contributed by atoms with Crippen LogP contribution in [0.15, 0.2) is 30.9 Å². The molecule has 0 atom stereocenters. The topological polar surface area (TPSA) is 30.7 Å². The largest absolute Gasteiger partial charge is 0.433 e. The van der Waals surface area contributed by atoms with Gasteiger partial charge in [0.1, 0.15) is 17.8 Å². The lowest BCUT2D eigenvalue weighted by Crippen LogP contribution is -2.10. The van der Waals surface area contributed by atoms with E-state index in [-0.39, 0.29) is 5.82 Å². The first-order valence-electron chi connectivity index (χ1n) is 4.51. The number of nitrogens with zero attached hydrogens (tertiary/aromatic N) is 3. The average molecular weight is 227 g/mol. The Kier molecular flexibility index (Phi) is 2.41. The Hall–Kier alpha value is -1.85. The lowest BCUT2D eigenvalue weighted by molar-refractivity contribution is -0.141. The van der Waals surface area contributed by atoms with Crippen molar-refractivity contribution in [1.82, 2.24) is 14.5 Å². The number of alkyl halides is 3. The summed E-state index contributed by atoms with van der Waals surface area (Å²) in [5, 5.41) is 0. The highest BCUT2D eigenvalue weighted by Gasteiger charge is 2.32. The molecule has 3 nitrogen and oxygen atoms in total. The Bertz CT molecular complexity index is 489. The van der Waals surface area contributed by atoms with Crippen LogP contribution in [0.2, 0.25) is 0 Å². The highest BCUT2D eigenvalue weighted by Crippen LogP contribution is 2.28. The molecular formula is C10H8F3N3. The number of pyridine rings is 1. The third-order valence-electron chi connectivity index (χ3n) is 2.11. The number of aromatic nitrogens is 3. The van der Waals surface area contributed by atoms with Crippen molar-refractivity contribution in [3.05, 3.63) is 42.1 Å². The van der Waals surface area contributed by atoms with Crippen molar-refractivity contribution >= 4 is 0 Å². The van der Waals surface area contributed by atoms with Gasteiger partial charge in [0.15, 0.2) is 0 Å². The first-order chi connectivity index (χ1) is 7.48. The zero-order chi connectivity index (χ0) is 11.8. The molecule has 0 saturated carbocycles. The molecule has 0 radical (unpaired) electrons. The van der Waals surface area contributed by atoms with E-state index in [0.29, 0.717) is 5.56 Å². The molecule has 2 rings (SSSR count). The Morgan fingerprint density at radius 3 is 2.56 bits per heavy atom. The predicted molar refractivity (Wildman–Crippen MR) is 51.1 cm³/mol. The lowest BCUT2D eigenvalue weighted by Gasteiger charge is -2.10. The van der Waals surface area contributed by atoms with Crippen LogP contribution < -0.4 is 0 Å². The van der Waals surface area contributed by atoms with E-state index in [2.05, 4.69) is 9.97 Å². The van der Waals surface area contributed by atoms with Gasteiger partial charge < -0.3 is 0 Å². The molecule has 0 bridgehead atoms. The van der Waals surface area contributed by atoms with Crippen LogP contribution in [0.25, 0.3) is 5.82 Å². The smallest absolute Gasteiger partial charge is 0.290 e. The molecular weight excluding hydrogens is 219 g/mol. The highest BCUT2D eigenvalue weighted by atomic mass is 19.4. The van der Waals surface area contributed by atoms with Gasteiger partial charge in [-0.1, -0.05) is 6.07 Å². The van der Waals surface area contributed by atoms with Crippen molar-refractivity contribution in [1.29, 1.82) is 0 Å². The van der Waals surface area contributed by atoms with Crippen LogP contribution in [0.4, 0.5) is 13.2 Å². The molecule has 0 aromatic carbocycles. The Morgan fingerprint density at radius 1 is 1.25 bits per heavy atom. The predicted octanol–water partition coefficient (Wildman–Crippen LogP) is 2.59. The molecule has 2 heterocycles. The van der Waals surface area contributed by atoms with Gasteiger partial charge in [-0.3, -0.25) is 4.57 Å². The van der Waals surface area contributed by atoms with Crippen LogP contribution in [-0.2, 0) is 6.18 Å². The quantitative estimate of drug-likeness (QED) is 0.749. The normalized spacial score (nSPS) is 11.8. The van der Waals surface area contributed by atoms with E-state index in [1.807, 2.05) is 0 Å². The second kappa shape index (κ2) is 3.62. The summed E-state index contributed by atoms with van der Waals surface area (Å²) >= 11 is 0. The van der Waals surface area contributed by atoms with Gasteiger partial charge in [0.25, 0.3) is 0 Å². The molecule has 0 aliphatic carbocycles. The molecule has 2 aromatic heterocycles. The van der Waals surface area contributed by atoms with Crippen molar-refractivity contribution < 1.29 is 13.2 Å². The Morgan fingerprint density at radius 2 is 2.00 bits per heavy atom. The van der Waals surface area contributed by atoms with Crippen molar-refractivity contribution in [3.8, 4) is 5.82 Å². The van der Waals surface area contributed by atoms with Gasteiger partial charge in [-0.05, 0) is 18.6 Å². The minimum atomic E-state index is -4.43. The Labute approximate surface area is 89.6 Å². The van der Waals surface area contributed by atoms with Crippen molar-refractivity contribution in [2.45, 2.75) is 13.1 Å². The van der Waals surface area contributed by atoms with E-state index in [0.717, 1.165) is 6.07 Å². The maximum atomic E-state index is 12.5. The van der Waals surface area contributed by atoms with Crippen LogP contribution in [0.5, 0.6) is 0 Å². The number of imidazole rings is 1. The summed E-state index contributed by atoms with van der Waals surface area (Å²) in [4.78, 5) is 7.36. The number of hydrogen-bond acceptors (Lipinski definition) is 2. The van der Waals surface area contributed by atoms with Crippen LogP contribution in [-0.4, -0.2) is 14.5 Å². The molecule has 0 fully saturated rings. The lowest BCUT2D eigenvalue weighted by atomic mass is 10.2. The van der Waals surface area contributed by atoms with E-state index in [4.69, 9.17) is 0 Å². The maximum Gasteiger partial charge on any atom is 0.433 e. The van der Waals surface area contributed by atoms with Gasteiger partial charge in [-0.2, -0.15) is 13.2 Å². The zero-order valence-corrected chi connectivity index (χ0v) is 8.36. The molecule has 0 unspecified atom stereocenters. The maximum absolute atomic E-state index is 12.5. The summed E-state index contributed by atoms with van der Waals surface area (Å²) in [6.07, 6.45) is 0.0232. The highest BCUT2D eigenvalue weighted by molar-refractivity contribution is 5.34. The van der Waals surface area contributed by atoms with Crippen molar-refractivity contribution in [3.63, 3.8) is 0 Å². The van der Waals surface area contributed by atoms with Crippen LogP contribution >= 0.6 is 0 Å². The van der Waals surface area contributed by atoms with Gasteiger partial charge in [0.2, 0.25) is 0 Å². The van der Waals surface area contributed by atoms with Gasteiger partial charge in [0, 0.05) is 12.4 Å². The van der Waals surface area contributed by atoms with Crippen molar-refractivity contribution in [2.24, 2.45) is 0 Å². The minimum absolute atomic E-state index is 0.243. The summed E-state index contributed by atoms with van der Waals surface area (Å²) in [5.74, 6) is 0.243. The number of halogens is 3. The van der Waals surface area contributed by atoms with Crippen molar-refractivity contribution in [2.75, 3.05) is 0 Å². The number of hydrogen-bond donors (Lipinski definition) is 0. The number of rotatable bonds is 1. The second-order valence-electron chi connectivity index (χ2n) is 3.30. The first kappa shape index (κ1) is 10.7. The summed E-state index contributed by atoms with van der Waals surface area (Å²) < 4.78 is 38.8. The fraction of sp³-hybridized carbons (Fsp3) is 0.200. The monoisotopic (exact) mass is 227 g/mol. The molecule has 0 aliphatic rings. The fourth-order valence-corrected chi connectivity index (χ4v) is 1.32. The molecule has 2 aromatic rings. The number of aryl methyl sites for hydroxylation is 1. The Balaban J connectivity index is 2.54. The molecule has 0 saturated heterocycles. The standard InChI is InChI=1S/C10H8F3N3/c1-7-2-3-8(10(11,12)13)15-9(7)16-5-4-14-6-16/h2-6H,1H3. The summed E-state index contributed by atoms with van der Waals surface area (Å²) in [6.45, 7) is 1.70. The molecule has 0 spiro atoms. The SMILES string of the molecule is Cc1ccc(C(F)(F)F)nc1-n1ccnc1. The van der Waals surface area contributed by atoms with E-state index in [1.54, 1.807) is 13.1 Å². The summed E-state index contributed by atoms with van der Waals surface area (Å²) in [6, 6.07) is 2.36. The molecule has 84 valence electrons. The van der Waals surface area contributed by atoms with E-state index < -0.39 is 11.9 Å². The molecule has 0 amide bonds. The van der Waals surface area contributed by atoms with Crippen LogP contribution in [0.1, 0.15) is 11.3 Å². The third-order valence-corrected chi connectivity index (χ3v) is 2.11. The van der Waals surface area contributed by atoms with Gasteiger partial charge in [0.05, 0.1) is 0 Å². The molecule has 6 heteroatoms. The molecule has 16 heavy (non-hydrogen) atoms. The van der Waals surface area contributed by atoms with E-state index in [1.165, 1.54) is 23.2 Å². The third kappa shape index (κ3) is 1.91. The fourth-order valence-electron chi connectivity index (χ4n) is 1.32. The average Bonchev–Trinajstić information content (AvgIpc) is 2.69. The second-order valence-corrected chi connectivity index (χ2v) is 3.30. The van der Waals surface area contributed by atoms with Gasteiger partial charge >= 0.3 is 6.18 Å². The van der Waals surface area contributed by atoms with Gasteiger partial charge in [-0.25, -0.2) is 9.97 Å². The molecule has 0 aliphatic heterocycles. The van der Waals surface area contributed by atoms with Crippen LogP contribution in [0.3, 0.4) is 0 Å². The summed E-state index contributed by atoms with van der Waals surface area (Å²) in [7, 11) is 0. The van der Waals surface area contributed by atoms with Gasteiger partial charge in [-0.15, -0.1) is 0 Å². The van der Waals surface area contributed by atoms with E-state index >= 15 is 0 Å². The zero-order valence-electron chi connectivity index (χ0n) is 8.36. The molecule has 0 N–H and O–H groups in total.